The number of amides is 1. The molecule has 1 atom stereocenters. The Labute approximate surface area is 93.5 Å². The van der Waals surface area contributed by atoms with Crippen molar-refractivity contribution in [2.75, 3.05) is 0 Å². The first-order valence-electron chi connectivity index (χ1n) is 5.12. The van der Waals surface area contributed by atoms with Crippen molar-refractivity contribution >= 4 is 16.7 Å². The van der Waals surface area contributed by atoms with E-state index in [1.54, 1.807) is 0 Å². The van der Waals surface area contributed by atoms with Crippen LogP contribution in [0.1, 0.15) is 5.56 Å². The highest BCUT2D eigenvalue weighted by Gasteiger charge is 2.12. The number of fused-ring (bicyclic) bond motifs is 1. The van der Waals surface area contributed by atoms with E-state index in [2.05, 4.69) is 0 Å². The highest BCUT2D eigenvalue weighted by molar-refractivity contribution is 5.86. The van der Waals surface area contributed by atoms with Gasteiger partial charge in [-0.15, -0.1) is 0 Å². The van der Waals surface area contributed by atoms with Gasteiger partial charge in [-0.05, 0) is 16.3 Å². The third-order valence-corrected chi connectivity index (χ3v) is 2.62. The third kappa shape index (κ3) is 2.04. The maximum Gasteiger partial charge on any atom is 0.246 e. The zero-order valence-electron chi connectivity index (χ0n) is 8.76. The number of aliphatic hydroxyl groups excluding tert-OH is 1. The fraction of sp³-hybridized carbons (Fsp3) is 0.154. The van der Waals surface area contributed by atoms with Gasteiger partial charge in [0.05, 0.1) is 0 Å². The number of aliphatic hydroxyl groups is 1. The van der Waals surface area contributed by atoms with E-state index < -0.39 is 12.0 Å². The highest BCUT2D eigenvalue weighted by Crippen LogP contribution is 2.19. The van der Waals surface area contributed by atoms with Gasteiger partial charge in [0.25, 0.3) is 0 Å². The second-order valence-electron chi connectivity index (χ2n) is 3.76. The molecule has 0 aliphatic carbocycles. The normalized spacial score (nSPS) is 12.6. The van der Waals surface area contributed by atoms with Crippen LogP contribution in [0.4, 0.5) is 0 Å². The van der Waals surface area contributed by atoms with E-state index >= 15 is 0 Å². The van der Waals surface area contributed by atoms with Crippen LogP contribution in [0, 0.1) is 0 Å². The summed E-state index contributed by atoms with van der Waals surface area (Å²) in [6.45, 7) is 0. The Hall–Kier alpha value is -1.87. The van der Waals surface area contributed by atoms with Gasteiger partial charge < -0.3 is 10.8 Å². The topological polar surface area (TPSA) is 63.3 Å². The Morgan fingerprint density at radius 3 is 2.62 bits per heavy atom. The molecule has 3 nitrogen and oxygen atoms in total. The van der Waals surface area contributed by atoms with Gasteiger partial charge in [0.2, 0.25) is 5.91 Å². The number of rotatable bonds is 3. The van der Waals surface area contributed by atoms with Crippen molar-refractivity contribution in [3.8, 4) is 0 Å². The van der Waals surface area contributed by atoms with Crippen molar-refractivity contribution in [2.24, 2.45) is 5.73 Å². The molecule has 0 saturated carbocycles. The van der Waals surface area contributed by atoms with E-state index in [4.69, 9.17) is 5.73 Å². The van der Waals surface area contributed by atoms with Crippen LogP contribution in [0.2, 0.25) is 0 Å². The first-order valence-corrected chi connectivity index (χ1v) is 5.12. The highest BCUT2D eigenvalue weighted by atomic mass is 16.3. The predicted octanol–water partition coefficient (Wildman–Crippen LogP) is 1.23. The number of carbonyl (C=O) groups excluding carboxylic acids is 1. The molecule has 2 rings (SSSR count). The molecule has 3 heteroatoms. The molecule has 1 unspecified atom stereocenters. The zero-order chi connectivity index (χ0) is 11.5. The van der Waals surface area contributed by atoms with Gasteiger partial charge in [-0.1, -0.05) is 42.5 Å². The molecule has 0 fully saturated rings. The zero-order valence-corrected chi connectivity index (χ0v) is 8.76. The van der Waals surface area contributed by atoms with Gasteiger partial charge in [0.15, 0.2) is 0 Å². The average Bonchev–Trinajstić information content (AvgIpc) is 2.29. The number of primary amides is 1. The molecule has 1 amide bonds. The van der Waals surface area contributed by atoms with Gasteiger partial charge >= 0.3 is 0 Å². The van der Waals surface area contributed by atoms with Crippen LogP contribution < -0.4 is 5.73 Å². The summed E-state index contributed by atoms with van der Waals surface area (Å²) in [5, 5.41) is 11.6. The van der Waals surface area contributed by atoms with Crippen LogP contribution in [0.25, 0.3) is 10.8 Å². The number of hydrogen-bond acceptors (Lipinski definition) is 2. The minimum absolute atomic E-state index is 0.261. The van der Waals surface area contributed by atoms with Crippen LogP contribution in [0.5, 0.6) is 0 Å². The van der Waals surface area contributed by atoms with Crippen molar-refractivity contribution in [1.82, 2.24) is 0 Å². The molecule has 0 bridgehead atoms. The van der Waals surface area contributed by atoms with Gasteiger partial charge in [-0.3, -0.25) is 4.79 Å². The summed E-state index contributed by atoms with van der Waals surface area (Å²) in [5.74, 6) is -0.687. The van der Waals surface area contributed by atoms with Gasteiger partial charge in [0, 0.05) is 6.42 Å². The molecule has 0 heterocycles. The lowest BCUT2D eigenvalue weighted by Crippen LogP contribution is -2.30. The van der Waals surface area contributed by atoms with E-state index in [0.29, 0.717) is 0 Å². The lowest BCUT2D eigenvalue weighted by molar-refractivity contribution is -0.125. The Morgan fingerprint density at radius 1 is 1.19 bits per heavy atom. The molecule has 0 radical (unpaired) electrons. The van der Waals surface area contributed by atoms with Crippen LogP contribution in [-0.2, 0) is 11.2 Å². The van der Waals surface area contributed by atoms with Crippen molar-refractivity contribution in [3.05, 3.63) is 48.0 Å². The maximum atomic E-state index is 10.8. The second-order valence-corrected chi connectivity index (χ2v) is 3.76. The molecule has 0 aliphatic heterocycles. The second kappa shape index (κ2) is 4.33. The van der Waals surface area contributed by atoms with E-state index in [0.717, 1.165) is 16.3 Å². The smallest absolute Gasteiger partial charge is 0.246 e. The number of benzene rings is 2. The third-order valence-electron chi connectivity index (χ3n) is 2.62. The Bertz CT molecular complexity index is 517. The predicted molar refractivity (Wildman–Crippen MR) is 62.9 cm³/mol. The number of nitrogens with two attached hydrogens (primary N) is 1. The lowest BCUT2D eigenvalue weighted by Gasteiger charge is -2.09. The summed E-state index contributed by atoms with van der Waals surface area (Å²) < 4.78 is 0. The summed E-state index contributed by atoms with van der Waals surface area (Å²) in [7, 11) is 0. The fourth-order valence-electron chi connectivity index (χ4n) is 1.78. The van der Waals surface area contributed by atoms with E-state index in [1.165, 1.54) is 0 Å². The standard InChI is InChI=1S/C13H13NO2/c14-13(16)12(15)8-10-6-3-5-9-4-1-2-7-11(9)10/h1-7,12,15H,8H2,(H2,14,16). The molecule has 16 heavy (non-hydrogen) atoms. The van der Waals surface area contributed by atoms with Crippen molar-refractivity contribution in [1.29, 1.82) is 0 Å². The van der Waals surface area contributed by atoms with E-state index in [9.17, 15) is 9.90 Å². The van der Waals surface area contributed by atoms with Crippen molar-refractivity contribution in [3.63, 3.8) is 0 Å². The lowest BCUT2D eigenvalue weighted by atomic mass is 10.00. The summed E-state index contributed by atoms with van der Waals surface area (Å²) in [6, 6.07) is 13.7. The molecule has 3 N–H and O–H groups in total. The maximum absolute atomic E-state index is 10.8. The van der Waals surface area contributed by atoms with Crippen molar-refractivity contribution < 1.29 is 9.90 Å². The molecule has 0 saturated heterocycles. The van der Waals surface area contributed by atoms with E-state index in [-0.39, 0.29) is 6.42 Å². The number of hydrogen-bond donors (Lipinski definition) is 2. The van der Waals surface area contributed by atoms with Crippen LogP contribution in [-0.4, -0.2) is 17.1 Å². The Morgan fingerprint density at radius 2 is 1.88 bits per heavy atom. The molecule has 2 aromatic rings. The minimum Gasteiger partial charge on any atom is -0.383 e. The van der Waals surface area contributed by atoms with Crippen LogP contribution in [0.15, 0.2) is 42.5 Å². The summed E-state index contributed by atoms with van der Waals surface area (Å²) in [5.41, 5.74) is 5.97. The average molecular weight is 215 g/mol. The number of carbonyl (C=O) groups is 1. The summed E-state index contributed by atoms with van der Waals surface area (Å²) in [4.78, 5) is 10.8. The first kappa shape index (κ1) is 10.6. The Balaban J connectivity index is 2.41. The molecule has 0 spiro atoms. The molecule has 0 aromatic heterocycles. The van der Waals surface area contributed by atoms with Crippen LogP contribution in [0.3, 0.4) is 0 Å². The quantitative estimate of drug-likeness (QED) is 0.808. The van der Waals surface area contributed by atoms with E-state index in [1.807, 2.05) is 42.5 Å². The SMILES string of the molecule is NC(=O)C(O)Cc1cccc2ccccc12. The van der Waals surface area contributed by atoms with Gasteiger partial charge in [-0.25, -0.2) is 0 Å². The summed E-state index contributed by atoms with van der Waals surface area (Å²) in [6.07, 6.45) is -0.859. The van der Waals surface area contributed by atoms with Gasteiger partial charge in [-0.2, -0.15) is 0 Å². The summed E-state index contributed by atoms with van der Waals surface area (Å²) >= 11 is 0. The molecule has 0 aliphatic rings. The van der Waals surface area contributed by atoms with Crippen molar-refractivity contribution in [2.45, 2.75) is 12.5 Å². The Kier molecular flexibility index (Phi) is 2.88. The molecular weight excluding hydrogens is 202 g/mol. The minimum atomic E-state index is -1.12. The molecule has 2 aromatic carbocycles. The van der Waals surface area contributed by atoms with Gasteiger partial charge in [0.1, 0.15) is 6.10 Å². The largest absolute Gasteiger partial charge is 0.383 e. The molecular formula is C13H13NO2. The monoisotopic (exact) mass is 215 g/mol. The fourth-order valence-corrected chi connectivity index (χ4v) is 1.78. The first-order chi connectivity index (χ1) is 7.68. The molecule has 82 valence electrons. The van der Waals surface area contributed by atoms with Crippen LogP contribution >= 0.6 is 0 Å².